The molecule has 0 saturated carbocycles. The number of pyridine rings is 1. The molecule has 0 unspecified atom stereocenters. The first-order chi connectivity index (χ1) is 17.3. The van der Waals surface area contributed by atoms with Crippen molar-refractivity contribution < 1.29 is 19.2 Å². The molecule has 1 amide bonds. The average Bonchev–Trinajstić information content (AvgIpc) is 3.34. The summed E-state index contributed by atoms with van der Waals surface area (Å²) in [4.78, 5) is 23.1. The Labute approximate surface area is 222 Å². The molecule has 0 saturated heterocycles. The van der Waals surface area contributed by atoms with E-state index < -0.39 is 0 Å². The Bertz CT molecular complexity index is 1300. The molecule has 10 nitrogen and oxygen atoms in total. The van der Waals surface area contributed by atoms with E-state index in [1.165, 1.54) is 5.56 Å². The third-order valence-corrected chi connectivity index (χ3v) is 6.05. The Balaban J connectivity index is 0.00000380. The molecule has 1 aliphatic heterocycles. The summed E-state index contributed by atoms with van der Waals surface area (Å²) in [6.07, 6.45) is 2.26. The number of nitrogens with one attached hydrogen (secondary N) is 1. The van der Waals surface area contributed by atoms with Gasteiger partial charge in [-0.25, -0.2) is 4.98 Å². The lowest BCUT2D eigenvalue weighted by Gasteiger charge is -2.30. The van der Waals surface area contributed by atoms with Gasteiger partial charge in [0.05, 0.1) is 24.8 Å². The predicted molar refractivity (Wildman–Crippen MR) is 139 cm³/mol. The number of aromatic nitrogens is 3. The molecule has 0 bridgehead atoms. The topological polar surface area (TPSA) is 137 Å². The number of fused-ring (bicyclic) bond motifs is 1. The number of carbonyl (C=O) groups excluding carboxylic acids is 1. The number of hydrogen-bond acceptors (Lipinski definition) is 9. The van der Waals surface area contributed by atoms with Gasteiger partial charge in [-0.1, -0.05) is 17.3 Å². The highest BCUT2D eigenvalue weighted by molar-refractivity contribution is 5.85. The van der Waals surface area contributed by atoms with Gasteiger partial charge in [-0.15, -0.1) is 12.4 Å². The SMILES string of the molecule is Cc1c(-c2noc(-c3cnc(OC(C)C)c(C#N)c3)n2)ccc2c1CCN(CC(=O)N[C@@H](C)CO)C2.Cl. The Morgan fingerprint density at radius 1 is 1.35 bits per heavy atom. The van der Waals surface area contributed by atoms with Gasteiger partial charge in [0.1, 0.15) is 11.6 Å². The van der Waals surface area contributed by atoms with Gasteiger partial charge < -0.3 is 19.7 Å². The summed E-state index contributed by atoms with van der Waals surface area (Å²) in [7, 11) is 0. The normalized spacial score (nSPS) is 13.9. The summed E-state index contributed by atoms with van der Waals surface area (Å²) in [5.41, 5.74) is 5.19. The summed E-state index contributed by atoms with van der Waals surface area (Å²) >= 11 is 0. The van der Waals surface area contributed by atoms with Gasteiger partial charge in [-0.3, -0.25) is 9.69 Å². The van der Waals surface area contributed by atoms with Gasteiger partial charge in [0, 0.05) is 30.9 Å². The van der Waals surface area contributed by atoms with Crippen molar-refractivity contribution in [2.24, 2.45) is 0 Å². The first kappa shape index (κ1) is 28.1. The van der Waals surface area contributed by atoms with E-state index in [4.69, 9.17) is 14.4 Å². The zero-order valence-electron chi connectivity index (χ0n) is 21.3. The van der Waals surface area contributed by atoms with Crippen LogP contribution in [0.25, 0.3) is 22.8 Å². The number of amides is 1. The van der Waals surface area contributed by atoms with Crippen molar-refractivity contribution in [3.05, 3.63) is 46.6 Å². The first-order valence-electron chi connectivity index (χ1n) is 11.9. The molecule has 1 atom stereocenters. The van der Waals surface area contributed by atoms with Crippen molar-refractivity contribution in [1.82, 2.24) is 25.3 Å². The molecule has 4 rings (SSSR count). The molecule has 0 spiro atoms. The van der Waals surface area contributed by atoms with Gasteiger partial charge >= 0.3 is 0 Å². The van der Waals surface area contributed by atoms with Crippen LogP contribution >= 0.6 is 12.4 Å². The second-order valence-corrected chi connectivity index (χ2v) is 9.27. The zero-order chi connectivity index (χ0) is 25.8. The van der Waals surface area contributed by atoms with Crippen LogP contribution in [0.5, 0.6) is 5.88 Å². The molecule has 0 aliphatic carbocycles. The third kappa shape index (κ3) is 6.43. The largest absolute Gasteiger partial charge is 0.474 e. The van der Waals surface area contributed by atoms with Gasteiger partial charge in [0.25, 0.3) is 5.89 Å². The third-order valence-electron chi connectivity index (χ3n) is 6.05. The summed E-state index contributed by atoms with van der Waals surface area (Å²) in [6, 6.07) is 7.49. The van der Waals surface area contributed by atoms with E-state index in [0.717, 1.165) is 29.7 Å². The number of hydrogen-bond donors (Lipinski definition) is 2. The number of halogens is 1. The average molecular weight is 527 g/mol. The van der Waals surface area contributed by atoms with Crippen LogP contribution in [0.4, 0.5) is 0 Å². The van der Waals surface area contributed by atoms with Gasteiger partial charge in [-0.05, 0) is 56.9 Å². The number of nitrogens with zero attached hydrogens (tertiary/aromatic N) is 5. The number of aliphatic hydroxyl groups excluding tert-OH is 1. The fraction of sp³-hybridized carbons (Fsp3) is 0.423. The van der Waals surface area contributed by atoms with Crippen molar-refractivity contribution in [1.29, 1.82) is 5.26 Å². The summed E-state index contributed by atoms with van der Waals surface area (Å²) in [5, 5.41) is 25.6. The van der Waals surface area contributed by atoms with Crippen LogP contribution in [0.3, 0.4) is 0 Å². The highest BCUT2D eigenvalue weighted by Gasteiger charge is 2.23. The van der Waals surface area contributed by atoms with Crippen molar-refractivity contribution in [2.75, 3.05) is 19.7 Å². The van der Waals surface area contributed by atoms with E-state index in [0.29, 0.717) is 30.0 Å². The van der Waals surface area contributed by atoms with Crippen LogP contribution in [0.15, 0.2) is 28.9 Å². The van der Waals surface area contributed by atoms with Crippen molar-refractivity contribution >= 4 is 18.3 Å². The van der Waals surface area contributed by atoms with Gasteiger partial charge in [0.15, 0.2) is 0 Å². The molecule has 3 aromatic rings. The maximum atomic E-state index is 12.2. The number of aliphatic hydroxyl groups is 1. The zero-order valence-corrected chi connectivity index (χ0v) is 22.1. The number of nitriles is 1. The Morgan fingerprint density at radius 2 is 2.14 bits per heavy atom. The highest BCUT2D eigenvalue weighted by Crippen LogP contribution is 2.31. The highest BCUT2D eigenvalue weighted by atomic mass is 35.5. The minimum absolute atomic E-state index is 0. The van der Waals surface area contributed by atoms with Crippen LogP contribution in [-0.2, 0) is 17.8 Å². The van der Waals surface area contributed by atoms with Crippen LogP contribution in [0, 0.1) is 18.3 Å². The smallest absolute Gasteiger partial charge is 0.259 e. The summed E-state index contributed by atoms with van der Waals surface area (Å²) in [6.45, 7) is 9.19. The second kappa shape index (κ2) is 12.1. The molecular formula is C26H31ClN6O4. The molecule has 1 aliphatic rings. The van der Waals surface area contributed by atoms with E-state index >= 15 is 0 Å². The molecular weight excluding hydrogens is 496 g/mol. The Hall–Kier alpha value is -3.52. The molecule has 11 heteroatoms. The quantitative estimate of drug-likeness (QED) is 0.453. The lowest BCUT2D eigenvalue weighted by atomic mass is 9.91. The van der Waals surface area contributed by atoms with E-state index in [9.17, 15) is 10.1 Å². The molecule has 37 heavy (non-hydrogen) atoms. The molecule has 2 N–H and O–H groups in total. The summed E-state index contributed by atoms with van der Waals surface area (Å²) < 4.78 is 11.1. The Morgan fingerprint density at radius 3 is 2.84 bits per heavy atom. The van der Waals surface area contributed by atoms with E-state index in [-0.39, 0.29) is 48.8 Å². The summed E-state index contributed by atoms with van der Waals surface area (Å²) in [5.74, 6) is 0.920. The van der Waals surface area contributed by atoms with Crippen LogP contribution in [-0.4, -0.2) is 62.9 Å². The van der Waals surface area contributed by atoms with E-state index in [1.807, 2.05) is 32.9 Å². The van der Waals surface area contributed by atoms with E-state index in [2.05, 4.69) is 31.4 Å². The first-order valence-corrected chi connectivity index (χ1v) is 11.9. The maximum Gasteiger partial charge on any atom is 0.259 e. The van der Waals surface area contributed by atoms with E-state index in [1.54, 1.807) is 19.2 Å². The van der Waals surface area contributed by atoms with Crippen molar-refractivity contribution in [2.45, 2.75) is 52.8 Å². The number of benzene rings is 1. The fourth-order valence-corrected chi connectivity index (χ4v) is 4.26. The monoisotopic (exact) mass is 526 g/mol. The van der Waals surface area contributed by atoms with Gasteiger partial charge in [0.2, 0.25) is 17.6 Å². The molecule has 0 fully saturated rings. The Kier molecular flexibility index (Phi) is 9.21. The predicted octanol–water partition coefficient (Wildman–Crippen LogP) is 3.04. The maximum absolute atomic E-state index is 12.2. The second-order valence-electron chi connectivity index (χ2n) is 9.27. The fourth-order valence-electron chi connectivity index (χ4n) is 4.26. The number of rotatable bonds is 8. The lowest BCUT2D eigenvalue weighted by molar-refractivity contribution is -0.123. The van der Waals surface area contributed by atoms with Crippen LogP contribution in [0.2, 0.25) is 0 Å². The minimum atomic E-state index is -0.257. The van der Waals surface area contributed by atoms with Crippen molar-refractivity contribution in [3.8, 4) is 34.8 Å². The van der Waals surface area contributed by atoms with Gasteiger partial charge in [-0.2, -0.15) is 10.2 Å². The lowest BCUT2D eigenvalue weighted by Crippen LogP contribution is -2.43. The standard InChI is InChI=1S/C26H30N6O4.ClH/c1-15(2)35-25-19(10-27)9-20(11-28-25)26-30-24(31-36-26)22-6-5-18-12-32(8-7-21(18)17(22)4)13-23(34)29-16(3)14-33;/h5-6,9,11,15-16,33H,7-8,12-14H2,1-4H3,(H,29,34);1H/t16-;/m0./s1. The van der Waals surface area contributed by atoms with Crippen molar-refractivity contribution in [3.63, 3.8) is 0 Å². The molecule has 1 aromatic carbocycles. The minimum Gasteiger partial charge on any atom is -0.474 e. The molecule has 2 aromatic heterocycles. The molecule has 3 heterocycles. The molecule has 196 valence electrons. The number of ether oxygens (including phenoxy) is 1. The van der Waals surface area contributed by atoms with Crippen LogP contribution in [0.1, 0.15) is 43.0 Å². The number of carbonyl (C=O) groups is 1. The molecule has 0 radical (unpaired) electrons. The van der Waals surface area contributed by atoms with Crippen LogP contribution < -0.4 is 10.1 Å².